The summed E-state index contributed by atoms with van der Waals surface area (Å²) in [7, 11) is 0. The van der Waals surface area contributed by atoms with Crippen LogP contribution in [-0.2, 0) is 4.79 Å². The summed E-state index contributed by atoms with van der Waals surface area (Å²) in [6.45, 7) is 0.639. The predicted octanol–water partition coefficient (Wildman–Crippen LogP) is 1.13. The summed E-state index contributed by atoms with van der Waals surface area (Å²) in [5.74, 6) is -0.343. The van der Waals surface area contributed by atoms with Crippen LogP contribution in [0.25, 0.3) is 0 Å². The quantitative estimate of drug-likeness (QED) is 0.668. The lowest BCUT2D eigenvalue weighted by atomic mass is 10.1. The topological polar surface area (TPSA) is 69.6 Å². The van der Waals surface area contributed by atoms with Crippen LogP contribution >= 0.6 is 0 Å². The number of hydrogen-bond donors (Lipinski definition) is 1. The highest BCUT2D eigenvalue weighted by Crippen LogP contribution is 2.10. The first kappa shape index (κ1) is 14.5. The van der Waals surface area contributed by atoms with Gasteiger partial charge in [0.2, 0.25) is 0 Å². The molecule has 0 aliphatic rings. The molecule has 0 saturated carbocycles. The van der Waals surface area contributed by atoms with E-state index in [0.29, 0.717) is 13.0 Å². The normalized spacial score (nSPS) is 12.1. The van der Waals surface area contributed by atoms with Crippen molar-refractivity contribution in [3.63, 3.8) is 0 Å². The zero-order valence-electron chi connectivity index (χ0n) is 10.4. The second kappa shape index (κ2) is 8.53. The van der Waals surface area contributed by atoms with Crippen molar-refractivity contribution in [2.75, 3.05) is 6.61 Å². The molecule has 100 valence electrons. The molecule has 0 aliphatic heterocycles. The summed E-state index contributed by atoms with van der Waals surface area (Å²) < 4.78 is 5.51. The SMILES string of the molecule is O=C([O-])CC(O)CCCCCOc1ccccc1. The molecule has 0 aromatic heterocycles. The smallest absolute Gasteiger partial charge is 0.119 e. The van der Waals surface area contributed by atoms with Crippen molar-refractivity contribution < 1.29 is 19.7 Å². The van der Waals surface area contributed by atoms with Crippen LogP contribution in [0.3, 0.4) is 0 Å². The van der Waals surface area contributed by atoms with Gasteiger partial charge in [-0.1, -0.05) is 24.6 Å². The largest absolute Gasteiger partial charge is 0.550 e. The summed E-state index contributed by atoms with van der Waals surface area (Å²) in [4.78, 5) is 10.2. The lowest BCUT2D eigenvalue weighted by molar-refractivity contribution is -0.307. The average molecular weight is 251 g/mol. The van der Waals surface area contributed by atoms with Crippen LogP contribution in [0.4, 0.5) is 0 Å². The van der Waals surface area contributed by atoms with Crippen LogP contribution in [0.2, 0.25) is 0 Å². The molecular formula is C14H19O4-. The molecule has 4 heteroatoms. The van der Waals surface area contributed by atoms with Crippen molar-refractivity contribution in [2.24, 2.45) is 0 Å². The van der Waals surface area contributed by atoms with E-state index in [0.717, 1.165) is 25.0 Å². The van der Waals surface area contributed by atoms with Crippen molar-refractivity contribution in [2.45, 2.75) is 38.2 Å². The van der Waals surface area contributed by atoms with Gasteiger partial charge in [0, 0.05) is 12.4 Å². The first-order chi connectivity index (χ1) is 8.68. The molecule has 0 fully saturated rings. The maximum Gasteiger partial charge on any atom is 0.119 e. The van der Waals surface area contributed by atoms with E-state index in [-0.39, 0.29) is 6.42 Å². The number of ether oxygens (including phenoxy) is 1. The van der Waals surface area contributed by atoms with Gasteiger partial charge in [0.1, 0.15) is 5.75 Å². The molecule has 1 aromatic rings. The third-order valence-electron chi connectivity index (χ3n) is 2.60. The van der Waals surface area contributed by atoms with Gasteiger partial charge in [-0.2, -0.15) is 0 Å². The van der Waals surface area contributed by atoms with E-state index in [9.17, 15) is 15.0 Å². The molecule has 0 bridgehead atoms. The van der Waals surface area contributed by atoms with Crippen LogP contribution < -0.4 is 9.84 Å². The van der Waals surface area contributed by atoms with Gasteiger partial charge in [0.15, 0.2) is 0 Å². The summed E-state index contributed by atoms with van der Waals surface area (Å²) in [6.07, 6.45) is 2.04. The van der Waals surface area contributed by atoms with E-state index in [1.165, 1.54) is 0 Å². The Morgan fingerprint density at radius 1 is 1.22 bits per heavy atom. The molecule has 0 amide bonds. The Bertz CT molecular complexity index is 337. The zero-order chi connectivity index (χ0) is 13.2. The molecular weight excluding hydrogens is 232 g/mol. The van der Waals surface area contributed by atoms with E-state index < -0.39 is 12.1 Å². The van der Waals surface area contributed by atoms with Gasteiger partial charge >= 0.3 is 0 Å². The third kappa shape index (κ3) is 6.91. The van der Waals surface area contributed by atoms with Crippen LogP contribution in [0, 0.1) is 0 Å². The van der Waals surface area contributed by atoms with E-state index >= 15 is 0 Å². The number of aliphatic hydroxyl groups excluding tert-OH is 1. The zero-order valence-corrected chi connectivity index (χ0v) is 10.4. The molecule has 1 unspecified atom stereocenters. The number of para-hydroxylation sites is 1. The van der Waals surface area contributed by atoms with Crippen LogP contribution in [0.5, 0.6) is 5.75 Å². The predicted molar refractivity (Wildman–Crippen MR) is 66.0 cm³/mol. The van der Waals surface area contributed by atoms with E-state index in [1.54, 1.807) is 0 Å². The Morgan fingerprint density at radius 3 is 2.61 bits per heavy atom. The number of unbranched alkanes of at least 4 members (excludes halogenated alkanes) is 2. The number of benzene rings is 1. The van der Waals surface area contributed by atoms with Crippen LogP contribution in [0.15, 0.2) is 30.3 Å². The fourth-order valence-electron chi connectivity index (χ4n) is 1.66. The second-order valence-electron chi connectivity index (χ2n) is 4.24. The number of carboxylic acids is 1. The van der Waals surface area contributed by atoms with Gasteiger partial charge in [-0.25, -0.2) is 0 Å². The van der Waals surface area contributed by atoms with Crippen LogP contribution in [0.1, 0.15) is 32.1 Å². The molecule has 0 radical (unpaired) electrons. The molecule has 1 atom stereocenters. The summed E-state index contributed by atoms with van der Waals surface area (Å²) in [5, 5.41) is 19.5. The van der Waals surface area contributed by atoms with Crippen LogP contribution in [-0.4, -0.2) is 23.8 Å². The fraction of sp³-hybridized carbons (Fsp3) is 0.500. The summed E-state index contributed by atoms with van der Waals surface area (Å²) in [5.41, 5.74) is 0. The molecule has 18 heavy (non-hydrogen) atoms. The van der Waals surface area contributed by atoms with Gasteiger partial charge in [-0.05, 0) is 31.4 Å². The number of aliphatic hydroxyl groups is 1. The third-order valence-corrected chi connectivity index (χ3v) is 2.60. The van der Waals surface area contributed by atoms with Crippen molar-refractivity contribution in [1.29, 1.82) is 0 Å². The summed E-state index contributed by atoms with van der Waals surface area (Å²) in [6, 6.07) is 9.59. The van der Waals surface area contributed by atoms with Crippen molar-refractivity contribution >= 4 is 5.97 Å². The number of rotatable bonds is 9. The Labute approximate surface area is 107 Å². The minimum Gasteiger partial charge on any atom is -0.550 e. The minimum absolute atomic E-state index is 0.277. The molecule has 4 nitrogen and oxygen atoms in total. The molecule has 0 saturated heterocycles. The highest BCUT2D eigenvalue weighted by atomic mass is 16.5. The molecule has 0 aliphatic carbocycles. The van der Waals surface area contributed by atoms with Gasteiger partial charge in [0.05, 0.1) is 12.7 Å². The first-order valence-electron chi connectivity index (χ1n) is 6.24. The average Bonchev–Trinajstić information content (AvgIpc) is 2.34. The van der Waals surface area contributed by atoms with Gasteiger partial charge in [-0.15, -0.1) is 0 Å². The highest BCUT2D eigenvalue weighted by molar-refractivity contribution is 5.64. The monoisotopic (exact) mass is 251 g/mol. The van der Waals surface area contributed by atoms with E-state index in [1.807, 2.05) is 30.3 Å². The Kier molecular flexibility index (Phi) is 6.87. The number of carbonyl (C=O) groups is 1. The van der Waals surface area contributed by atoms with Gasteiger partial charge < -0.3 is 19.7 Å². The first-order valence-corrected chi connectivity index (χ1v) is 6.24. The molecule has 0 heterocycles. The lowest BCUT2D eigenvalue weighted by Gasteiger charge is -2.10. The number of carbonyl (C=O) groups excluding carboxylic acids is 1. The molecule has 1 N–H and O–H groups in total. The standard InChI is InChI=1S/C14H20O4/c15-12(11-14(16)17)7-3-2-6-10-18-13-8-4-1-5-9-13/h1,4-5,8-9,12,15H,2-3,6-7,10-11H2,(H,16,17)/p-1. The maximum atomic E-state index is 10.2. The van der Waals surface area contributed by atoms with Crippen molar-refractivity contribution in [3.8, 4) is 5.75 Å². The molecule has 1 rings (SSSR count). The lowest BCUT2D eigenvalue weighted by Crippen LogP contribution is -2.27. The number of aliphatic carboxylic acids is 1. The fourth-order valence-corrected chi connectivity index (χ4v) is 1.66. The maximum absolute atomic E-state index is 10.2. The molecule has 0 spiro atoms. The number of carboxylic acid groups (broad SMARTS) is 1. The van der Waals surface area contributed by atoms with Gasteiger partial charge in [-0.3, -0.25) is 0 Å². The Morgan fingerprint density at radius 2 is 1.94 bits per heavy atom. The molecule has 1 aromatic carbocycles. The second-order valence-corrected chi connectivity index (χ2v) is 4.24. The summed E-state index contributed by atoms with van der Waals surface area (Å²) >= 11 is 0. The van der Waals surface area contributed by atoms with Crippen molar-refractivity contribution in [3.05, 3.63) is 30.3 Å². The highest BCUT2D eigenvalue weighted by Gasteiger charge is 2.03. The number of hydrogen-bond acceptors (Lipinski definition) is 4. The van der Waals surface area contributed by atoms with E-state index in [4.69, 9.17) is 4.74 Å². The van der Waals surface area contributed by atoms with Crippen molar-refractivity contribution in [1.82, 2.24) is 0 Å². The Balaban J connectivity index is 1.97. The minimum atomic E-state index is -1.20. The van der Waals surface area contributed by atoms with Gasteiger partial charge in [0.25, 0.3) is 0 Å². The Hall–Kier alpha value is -1.55. The van der Waals surface area contributed by atoms with E-state index in [2.05, 4.69) is 0 Å².